The van der Waals surface area contributed by atoms with Gasteiger partial charge in [-0.05, 0) is 37.7 Å². The van der Waals surface area contributed by atoms with Crippen LogP contribution in [0.5, 0.6) is 0 Å². The summed E-state index contributed by atoms with van der Waals surface area (Å²) in [6.07, 6.45) is 3.35. The summed E-state index contributed by atoms with van der Waals surface area (Å²) < 4.78 is 0. The third-order valence-corrected chi connectivity index (χ3v) is 4.95. The fraction of sp³-hybridized carbons (Fsp3) is 0.500. The number of carbonyl (C=O) groups excluding carboxylic acids is 3. The number of nitrogens with zero attached hydrogens (tertiary/aromatic N) is 1. The fourth-order valence-corrected chi connectivity index (χ4v) is 3.47. The van der Waals surface area contributed by atoms with E-state index >= 15 is 0 Å². The SMILES string of the molecule is N=C(N)NCCCC(C=O)NC(=O)[C@@H]1CCCN1C(=O)C(N)Cc1ccccc1. The molecule has 2 unspecified atom stereocenters. The van der Waals surface area contributed by atoms with Gasteiger partial charge in [-0.25, -0.2) is 0 Å². The van der Waals surface area contributed by atoms with Crippen LogP contribution in [0.3, 0.4) is 0 Å². The number of nitrogens with two attached hydrogens (primary N) is 2. The smallest absolute Gasteiger partial charge is 0.243 e. The van der Waals surface area contributed by atoms with Crippen LogP contribution in [0.4, 0.5) is 0 Å². The van der Waals surface area contributed by atoms with Gasteiger partial charge in [-0.2, -0.15) is 0 Å². The van der Waals surface area contributed by atoms with Crippen molar-refractivity contribution >= 4 is 24.1 Å². The molecule has 1 saturated heterocycles. The molecule has 158 valence electrons. The Bertz CT molecular complexity index is 711. The molecule has 9 heteroatoms. The van der Waals surface area contributed by atoms with Gasteiger partial charge in [0, 0.05) is 13.1 Å². The van der Waals surface area contributed by atoms with Crippen molar-refractivity contribution in [2.75, 3.05) is 13.1 Å². The molecule has 1 aliphatic heterocycles. The van der Waals surface area contributed by atoms with E-state index in [9.17, 15) is 14.4 Å². The molecule has 29 heavy (non-hydrogen) atoms. The molecule has 0 bridgehead atoms. The number of rotatable bonds is 10. The number of benzene rings is 1. The van der Waals surface area contributed by atoms with Crippen LogP contribution in [0.15, 0.2) is 30.3 Å². The van der Waals surface area contributed by atoms with Crippen molar-refractivity contribution in [2.45, 2.75) is 50.2 Å². The van der Waals surface area contributed by atoms with Crippen molar-refractivity contribution in [1.29, 1.82) is 5.41 Å². The third kappa shape index (κ3) is 6.86. The average molecular weight is 402 g/mol. The summed E-state index contributed by atoms with van der Waals surface area (Å²) in [5.74, 6) is -0.720. The van der Waals surface area contributed by atoms with Crippen molar-refractivity contribution in [1.82, 2.24) is 15.5 Å². The monoisotopic (exact) mass is 402 g/mol. The maximum atomic E-state index is 12.8. The van der Waals surface area contributed by atoms with Gasteiger partial charge in [0.1, 0.15) is 12.3 Å². The number of amides is 2. The number of nitrogens with one attached hydrogen (secondary N) is 3. The highest BCUT2D eigenvalue weighted by molar-refractivity contribution is 5.91. The molecular weight excluding hydrogens is 372 g/mol. The van der Waals surface area contributed by atoms with Gasteiger partial charge in [-0.15, -0.1) is 0 Å². The predicted molar refractivity (Wildman–Crippen MR) is 110 cm³/mol. The minimum atomic E-state index is -0.717. The van der Waals surface area contributed by atoms with Crippen molar-refractivity contribution in [3.05, 3.63) is 35.9 Å². The van der Waals surface area contributed by atoms with Crippen molar-refractivity contribution in [3.63, 3.8) is 0 Å². The molecule has 2 amide bonds. The van der Waals surface area contributed by atoms with Gasteiger partial charge in [0.15, 0.2) is 5.96 Å². The lowest BCUT2D eigenvalue weighted by atomic mass is 10.0. The standard InChI is InChI=1S/C20H30N6O3/c21-16(12-14-6-2-1-3-7-14)19(29)26-11-5-9-17(26)18(28)25-15(13-27)8-4-10-24-20(22)23/h1-3,6-7,13,15-17H,4-5,8-12,21H2,(H,25,28)(H4,22,23,24)/t15?,16?,17-/m0/s1. The van der Waals surface area contributed by atoms with E-state index in [0.29, 0.717) is 45.1 Å². The van der Waals surface area contributed by atoms with Crippen LogP contribution < -0.4 is 22.1 Å². The Morgan fingerprint density at radius 2 is 2.03 bits per heavy atom. The van der Waals surface area contributed by atoms with E-state index in [1.54, 1.807) is 0 Å². The molecule has 1 aliphatic rings. The number of hydrogen-bond acceptors (Lipinski definition) is 5. The summed E-state index contributed by atoms with van der Waals surface area (Å²) in [5, 5.41) is 12.5. The van der Waals surface area contributed by atoms with Gasteiger partial charge in [0.2, 0.25) is 11.8 Å². The number of carbonyl (C=O) groups is 3. The highest BCUT2D eigenvalue weighted by atomic mass is 16.2. The van der Waals surface area contributed by atoms with E-state index in [4.69, 9.17) is 16.9 Å². The van der Waals surface area contributed by atoms with Crippen LogP contribution >= 0.6 is 0 Å². The summed E-state index contributed by atoms with van der Waals surface area (Å²) in [4.78, 5) is 38.3. The van der Waals surface area contributed by atoms with Gasteiger partial charge in [0.25, 0.3) is 0 Å². The van der Waals surface area contributed by atoms with Crippen LogP contribution in [-0.4, -0.2) is 60.2 Å². The number of aldehydes is 1. The number of likely N-dealkylation sites (tertiary alicyclic amines) is 1. The normalized spacial score (nSPS) is 18.0. The first kappa shape index (κ1) is 22.4. The van der Waals surface area contributed by atoms with E-state index in [-0.39, 0.29) is 17.8 Å². The Balaban J connectivity index is 1.89. The second-order valence-corrected chi connectivity index (χ2v) is 7.22. The molecule has 9 nitrogen and oxygen atoms in total. The summed E-state index contributed by atoms with van der Waals surface area (Å²) in [6, 6.07) is 7.54. The average Bonchev–Trinajstić information content (AvgIpc) is 3.20. The molecule has 7 N–H and O–H groups in total. The molecule has 1 heterocycles. The Morgan fingerprint density at radius 3 is 2.69 bits per heavy atom. The molecular formula is C20H30N6O3. The van der Waals surface area contributed by atoms with Gasteiger partial charge in [-0.3, -0.25) is 15.0 Å². The molecule has 2 rings (SSSR count). The molecule has 1 aromatic carbocycles. The van der Waals surface area contributed by atoms with E-state index < -0.39 is 18.1 Å². The Hall–Kier alpha value is -2.94. The topological polar surface area (TPSA) is 154 Å². The van der Waals surface area contributed by atoms with Crippen LogP contribution in [0.25, 0.3) is 0 Å². The van der Waals surface area contributed by atoms with Gasteiger partial charge in [0.05, 0.1) is 12.1 Å². The van der Waals surface area contributed by atoms with Crippen LogP contribution in [0.2, 0.25) is 0 Å². The summed E-state index contributed by atoms with van der Waals surface area (Å²) in [7, 11) is 0. The lowest BCUT2D eigenvalue weighted by Gasteiger charge is -2.27. The quantitative estimate of drug-likeness (QED) is 0.154. The lowest BCUT2D eigenvalue weighted by Crippen LogP contribution is -2.53. The van der Waals surface area contributed by atoms with E-state index in [1.807, 2.05) is 30.3 Å². The fourth-order valence-electron chi connectivity index (χ4n) is 3.47. The van der Waals surface area contributed by atoms with E-state index in [1.165, 1.54) is 4.90 Å². The minimum Gasteiger partial charge on any atom is -0.370 e. The molecule has 1 fully saturated rings. The zero-order valence-electron chi connectivity index (χ0n) is 16.5. The summed E-state index contributed by atoms with van der Waals surface area (Å²) in [5.41, 5.74) is 12.3. The largest absolute Gasteiger partial charge is 0.370 e. The first-order chi connectivity index (χ1) is 13.9. The summed E-state index contributed by atoms with van der Waals surface area (Å²) in [6.45, 7) is 0.922. The highest BCUT2D eigenvalue weighted by Crippen LogP contribution is 2.19. The Kier molecular flexibility index (Phi) is 8.60. The molecule has 0 spiro atoms. The molecule has 0 aliphatic carbocycles. The Morgan fingerprint density at radius 1 is 1.31 bits per heavy atom. The van der Waals surface area contributed by atoms with Crippen molar-refractivity contribution in [3.8, 4) is 0 Å². The highest BCUT2D eigenvalue weighted by Gasteiger charge is 2.36. The zero-order chi connectivity index (χ0) is 21.2. The van der Waals surface area contributed by atoms with Gasteiger partial charge in [-0.1, -0.05) is 30.3 Å². The van der Waals surface area contributed by atoms with Crippen LogP contribution in [0, 0.1) is 5.41 Å². The van der Waals surface area contributed by atoms with E-state index in [2.05, 4.69) is 10.6 Å². The molecule has 0 radical (unpaired) electrons. The van der Waals surface area contributed by atoms with Crippen LogP contribution in [0.1, 0.15) is 31.2 Å². The van der Waals surface area contributed by atoms with Gasteiger partial charge < -0.3 is 31.8 Å². The number of hydrogen-bond donors (Lipinski definition) is 5. The first-order valence-electron chi connectivity index (χ1n) is 9.86. The lowest BCUT2D eigenvalue weighted by molar-refractivity contribution is -0.139. The van der Waals surface area contributed by atoms with Crippen LogP contribution in [-0.2, 0) is 20.8 Å². The predicted octanol–water partition coefficient (Wildman–Crippen LogP) is -0.506. The molecule has 1 aromatic rings. The third-order valence-electron chi connectivity index (χ3n) is 4.95. The second kappa shape index (κ2) is 11.2. The molecule has 0 saturated carbocycles. The Labute approximate surface area is 170 Å². The molecule has 0 aromatic heterocycles. The number of guanidine groups is 1. The van der Waals surface area contributed by atoms with E-state index in [0.717, 1.165) is 12.0 Å². The minimum absolute atomic E-state index is 0.136. The van der Waals surface area contributed by atoms with Crippen molar-refractivity contribution < 1.29 is 14.4 Å². The second-order valence-electron chi connectivity index (χ2n) is 7.22. The molecule has 3 atom stereocenters. The maximum Gasteiger partial charge on any atom is 0.243 e. The maximum absolute atomic E-state index is 12.8. The first-order valence-corrected chi connectivity index (χ1v) is 9.86. The zero-order valence-corrected chi connectivity index (χ0v) is 16.5. The van der Waals surface area contributed by atoms with Gasteiger partial charge >= 0.3 is 0 Å². The van der Waals surface area contributed by atoms with Crippen molar-refractivity contribution in [2.24, 2.45) is 11.5 Å². The summed E-state index contributed by atoms with van der Waals surface area (Å²) >= 11 is 0.